The molecular formula is C15H10N2O4. The molecule has 1 aromatic carbocycles. The minimum atomic E-state index is -0.536. The Labute approximate surface area is 120 Å². The van der Waals surface area contributed by atoms with Crippen LogP contribution in [-0.4, -0.2) is 10.7 Å². The van der Waals surface area contributed by atoms with Crippen molar-refractivity contribution in [1.29, 1.82) is 5.26 Å². The Bertz CT molecular complexity index is 781. The number of nitro groups is 1. The number of benzene rings is 1. The third kappa shape index (κ3) is 3.04. The number of non-ortho nitro benzene ring substituents is 1. The van der Waals surface area contributed by atoms with Gasteiger partial charge in [0.1, 0.15) is 17.4 Å². The topological polar surface area (TPSA) is 97.1 Å². The molecule has 0 aliphatic heterocycles. The van der Waals surface area contributed by atoms with Crippen LogP contribution in [0, 0.1) is 28.4 Å². The van der Waals surface area contributed by atoms with E-state index in [1.807, 2.05) is 6.07 Å². The van der Waals surface area contributed by atoms with Gasteiger partial charge in [0.25, 0.3) is 5.69 Å². The third-order valence-corrected chi connectivity index (χ3v) is 2.86. The molecule has 2 rings (SSSR count). The predicted molar refractivity (Wildman–Crippen MR) is 74.5 cm³/mol. The van der Waals surface area contributed by atoms with Gasteiger partial charge in [-0.3, -0.25) is 14.9 Å². The quantitative estimate of drug-likeness (QED) is 0.282. The second kappa shape index (κ2) is 5.84. The summed E-state index contributed by atoms with van der Waals surface area (Å²) in [6.07, 6.45) is 2.69. The molecule has 0 N–H and O–H groups in total. The number of furan rings is 1. The molecule has 0 bridgehead atoms. The number of hydrogen-bond donors (Lipinski definition) is 0. The molecule has 0 spiro atoms. The number of hydrogen-bond acceptors (Lipinski definition) is 5. The fourth-order valence-electron chi connectivity index (χ4n) is 1.81. The summed E-state index contributed by atoms with van der Waals surface area (Å²) in [6.45, 7) is 1.62. The van der Waals surface area contributed by atoms with Crippen LogP contribution in [0.15, 0.2) is 46.6 Å². The summed E-state index contributed by atoms with van der Waals surface area (Å²) in [6, 6.07) is 9.01. The fraction of sp³-hybridized carbons (Fsp3) is 0.0667. The van der Waals surface area contributed by atoms with Gasteiger partial charge >= 0.3 is 0 Å². The number of carbonyl (C=O) groups is 1. The van der Waals surface area contributed by atoms with Crippen LogP contribution in [0.2, 0.25) is 0 Å². The van der Waals surface area contributed by atoms with Crippen molar-refractivity contribution in [2.75, 3.05) is 0 Å². The van der Waals surface area contributed by atoms with E-state index in [1.54, 1.807) is 13.0 Å². The maximum absolute atomic E-state index is 12.2. The standard InChI is InChI=1S/C15H10N2O4/c1-10-14(5-6-21-10)15(18)12(9-16)7-11-3-2-4-13(8-11)17(19)20/h2-8H,1H3/b12-7+. The van der Waals surface area contributed by atoms with E-state index in [4.69, 9.17) is 9.68 Å². The summed E-state index contributed by atoms with van der Waals surface area (Å²) in [4.78, 5) is 22.4. The summed E-state index contributed by atoms with van der Waals surface area (Å²) >= 11 is 0. The van der Waals surface area contributed by atoms with Crippen LogP contribution in [0.25, 0.3) is 6.08 Å². The second-order valence-corrected chi connectivity index (χ2v) is 4.24. The number of Topliss-reactive ketones (excluding diaryl/α,β-unsaturated/α-hetero) is 1. The van der Waals surface area contributed by atoms with Crippen molar-refractivity contribution in [2.45, 2.75) is 6.92 Å². The highest BCUT2D eigenvalue weighted by molar-refractivity contribution is 6.14. The van der Waals surface area contributed by atoms with Crippen molar-refractivity contribution in [3.8, 4) is 6.07 Å². The van der Waals surface area contributed by atoms with Crippen molar-refractivity contribution >= 4 is 17.5 Å². The number of aryl methyl sites for hydroxylation is 1. The van der Waals surface area contributed by atoms with Crippen LogP contribution in [0.5, 0.6) is 0 Å². The van der Waals surface area contributed by atoms with E-state index in [0.717, 1.165) is 0 Å². The molecule has 1 aromatic heterocycles. The number of carbonyl (C=O) groups excluding carboxylic acids is 1. The van der Waals surface area contributed by atoms with Crippen molar-refractivity contribution in [3.63, 3.8) is 0 Å². The number of rotatable bonds is 4. The van der Waals surface area contributed by atoms with Gasteiger partial charge in [-0.15, -0.1) is 0 Å². The van der Waals surface area contributed by atoms with Crippen LogP contribution in [0.4, 0.5) is 5.69 Å². The molecule has 0 fully saturated rings. The molecule has 104 valence electrons. The number of ketones is 1. The largest absolute Gasteiger partial charge is 0.469 e. The first-order chi connectivity index (χ1) is 10.0. The number of nitrogens with zero attached hydrogens (tertiary/aromatic N) is 2. The zero-order valence-electron chi connectivity index (χ0n) is 11.1. The molecule has 0 aliphatic rings. The second-order valence-electron chi connectivity index (χ2n) is 4.24. The van der Waals surface area contributed by atoms with E-state index >= 15 is 0 Å². The van der Waals surface area contributed by atoms with Crippen molar-refractivity contribution in [1.82, 2.24) is 0 Å². The summed E-state index contributed by atoms with van der Waals surface area (Å²) in [7, 11) is 0. The molecule has 0 radical (unpaired) electrons. The van der Waals surface area contributed by atoms with Crippen molar-refractivity contribution in [2.24, 2.45) is 0 Å². The first-order valence-corrected chi connectivity index (χ1v) is 5.98. The molecule has 6 nitrogen and oxygen atoms in total. The molecule has 0 saturated heterocycles. The van der Waals surface area contributed by atoms with E-state index in [-0.39, 0.29) is 11.3 Å². The monoisotopic (exact) mass is 282 g/mol. The summed E-state index contributed by atoms with van der Waals surface area (Å²) in [5.41, 5.74) is 0.497. The van der Waals surface area contributed by atoms with Gasteiger partial charge in [-0.2, -0.15) is 5.26 Å². The van der Waals surface area contributed by atoms with Crippen molar-refractivity contribution < 1.29 is 14.1 Å². The van der Waals surface area contributed by atoms with Gasteiger partial charge < -0.3 is 4.42 Å². The lowest BCUT2D eigenvalue weighted by molar-refractivity contribution is -0.384. The van der Waals surface area contributed by atoms with E-state index in [0.29, 0.717) is 16.9 Å². The summed E-state index contributed by atoms with van der Waals surface area (Å²) in [5, 5.41) is 19.8. The van der Waals surface area contributed by atoms with Gasteiger partial charge in [0.2, 0.25) is 5.78 Å². The van der Waals surface area contributed by atoms with E-state index < -0.39 is 10.7 Å². The smallest absolute Gasteiger partial charge is 0.270 e. The molecule has 1 heterocycles. The van der Waals surface area contributed by atoms with Gasteiger partial charge in [0, 0.05) is 12.1 Å². The summed E-state index contributed by atoms with van der Waals surface area (Å²) < 4.78 is 5.03. The van der Waals surface area contributed by atoms with Gasteiger partial charge in [-0.25, -0.2) is 0 Å². The number of nitriles is 1. The highest BCUT2D eigenvalue weighted by Gasteiger charge is 2.16. The van der Waals surface area contributed by atoms with E-state index in [1.165, 1.54) is 36.6 Å². The zero-order valence-corrected chi connectivity index (χ0v) is 11.1. The molecule has 0 atom stereocenters. The molecule has 0 aliphatic carbocycles. The maximum Gasteiger partial charge on any atom is 0.270 e. The normalized spacial score (nSPS) is 11.0. The van der Waals surface area contributed by atoms with Gasteiger partial charge in [0.15, 0.2) is 0 Å². The third-order valence-electron chi connectivity index (χ3n) is 2.86. The van der Waals surface area contributed by atoms with Gasteiger partial charge in [-0.05, 0) is 24.6 Å². The molecular weight excluding hydrogens is 272 g/mol. The fourth-order valence-corrected chi connectivity index (χ4v) is 1.81. The number of allylic oxidation sites excluding steroid dienone is 1. The van der Waals surface area contributed by atoms with Crippen LogP contribution >= 0.6 is 0 Å². The zero-order chi connectivity index (χ0) is 15.4. The first-order valence-electron chi connectivity index (χ1n) is 5.98. The predicted octanol–water partition coefficient (Wildman–Crippen LogP) is 3.29. The molecule has 0 unspecified atom stereocenters. The average Bonchev–Trinajstić information content (AvgIpc) is 2.90. The Morgan fingerprint density at radius 2 is 2.19 bits per heavy atom. The van der Waals surface area contributed by atoms with Crippen LogP contribution in [0.3, 0.4) is 0 Å². The number of nitro benzene ring substituents is 1. The molecule has 6 heteroatoms. The van der Waals surface area contributed by atoms with E-state index in [2.05, 4.69) is 0 Å². The highest BCUT2D eigenvalue weighted by Crippen LogP contribution is 2.19. The van der Waals surface area contributed by atoms with Gasteiger partial charge in [0.05, 0.1) is 16.7 Å². The minimum absolute atomic E-state index is 0.104. The van der Waals surface area contributed by atoms with Crippen LogP contribution < -0.4 is 0 Å². The summed E-state index contributed by atoms with van der Waals surface area (Å²) in [5.74, 6) is -0.0598. The van der Waals surface area contributed by atoms with Gasteiger partial charge in [-0.1, -0.05) is 12.1 Å². The molecule has 21 heavy (non-hydrogen) atoms. The lowest BCUT2D eigenvalue weighted by Gasteiger charge is -1.98. The van der Waals surface area contributed by atoms with Crippen LogP contribution in [0.1, 0.15) is 21.7 Å². The highest BCUT2D eigenvalue weighted by atomic mass is 16.6. The molecule has 0 amide bonds. The lowest BCUT2D eigenvalue weighted by Crippen LogP contribution is -2.02. The van der Waals surface area contributed by atoms with Crippen LogP contribution in [-0.2, 0) is 0 Å². The van der Waals surface area contributed by atoms with E-state index in [9.17, 15) is 14.9 Å². The minimum Gasteiger partial charge on any atom is -0.469 e. The Morgan fingerprint density at radius 1 is 1.43 bits per heavy atom. The Hall–Kier alpha value is -3.20. The molecule has 2 aromatic rings. The average molecular weight is 282 g/mol. The van der Waals surface area contributed by atoms with Crippen molar-refractivity contribution in [3.05, 3.63) is 69.2 Å². The molecule has 0 saturated carbocycles. The first kappa shape index (κ1) is 14.2. The Kier molecular flexibility index (Phi) is 3.95. The maximum atomic E-state index is 12.2. The lowest BCUT2D eigenvalue weighted by atomic mass is 10.0. The Morgan fingerprint density at radius 3 is 2.76 bits per heavy atom. The SMILES string of the molecule is Cc1occc1C(=O)/C(C#N)=C/c1cccc([N+](=O)[O-])c1. The Balaban J connectivity index is 2.40.